The lowest BCUT2D eigenvalue weighted by Gasteiger charge is -2.22. The quantitative estimate of drug-likeness (QED) is 0.728. The molecule has 0 unspecified atom stereocenters. The SMILES string of the molecule is COc1ccc2nc(-c3noc([C@]45CCC[C@H]4OCC5)n3)ccc2c1. The minimum Gasteiger partial charge on any atom is -0.497 e. The van der Waals surface area contributed by atoms with Gasteiger partial charge < -0.3 is 14.0 Å². The van der Waals surface area contributed by atoms with Gasteiger partial charge in [0.05, 0.1) is 24.1 Å². The molecular formula is C19H19N3O3. The van der Waals surface area contributed by atoms with Crippen LogP contribution in [-0.4, -0.2) is 34.9 Å². The van der Waals surface area contributed by atoms with Crippen LogP contribution in [0.4, 0.5) is 0 Å². The van der Waals surface area contributed by atoms with Gasteiger partial charge >= 0.3 is 0 Å². The molecule has 1 saturated heterocycles. The average Bonchev–Trinajstić information content (AvgIpc) is 3.35. The minimum absolute atomic E-state index is 0.0878. The van der Waals surface area contributed by atoms with Gasteiger partial charge in [0.1, 0.15) is 11.4 Å². The number of benzene rings is 1. The zero-order valence-corrected chi connectivity index (χ0v) is 14.1. The van der Waals surface area contributed by atoms with E-state index in [-0.39, 0.29) is 11.5 Å². The van der Waals surface area contributed by atoms with Gasteiger partial charge in [-0.1, -0.05) is 11.2 Å². The minimum atomic E-state index is -0.0878. The van der Waals surface area contributed by atoms with E-state index in [0.29, 0.717) is 11.7 Å². The maximum atomic E-state index is 5.87. The summed E-state index contributed by atoms with van der Waals surface area (Å²) < 4.78 is 16.8. The van der Waals surface area contributed by atoms with Crippen LogP contribution in [-0.2, 0) is 10.2 Å². The molecule has 1 aliphatic heterocycles. The Morgan fingerprint density at radius 2 is 2.12 bits per heavy atom. The van der Waals surface area contributed by atoms with Gasteiger partial charge in [0, 0.05) is 12.0 Å². The van der Waals surface area contributed by atoms with Crippen LogP contribution in [0.15, 0.2) is 34.9 Å². The molecule has 0 amide bonds. The number of pyridine rings is 1. The summed E-state index contributed by atoms with van der Waals surface area (Å²) in [6.45, 7) is 0.776. The molecule has 25 heavy (non-hydrogen) atoms. The molecule has 3 heterocycles. The largest absolute Gasteiger partial charge is 0.497 e. The van der Waals surface area contributed by atoms with Crippen molar-refractivity contribution < 1.29 is 14.0 Å². The predicted octanol–water partition coefficient (Wildman–Crippen LogP) is 3.50. The van der Waals surface area contributed by atoms with E-state index in [0.717, 1.165) is 54.6 Å². The van der Waals surface area contributed by atoms with Gasteiger partial charge in [-0.3, -0.25) is 0 Å². The Morgan fingerprint density at radius 1 is 1.16 bits per heavy atom. The first kappa shape index (κ1) is 14.8. The summed E-state index contributed by atoms with van der Waals surface area (Å²) in [6, 6.07) is 9.73. The first-order valence-electron chi connectivity index (χ1n) is 8.69. The summed E-state index contributed by atoms with van der Waals surface area (Å²) in [5.41, 5.74) is 1.51. The second-order valence-corrected chi connectivity index (χ2v) is 6.84. The van der Waals surface area contributed by atoms with E-state index in [9.17, 15) is 0 Å². The van der Waals surface area contributed by atoms with Crippen molar-refractivity contribution in [2.75, 3.05) is 13.7 Å². The Hall–Kier alpha value is -2.47. The third-order valence-electron chi connectivity index (χ3n) is 5.55. The molecule has 0 N–H and O–H groups in total. The third kappa shape index (κ3) is 2.24. The van der Waals surface area contributed by atoms with Crippen molar-refractivity contribution >= 4 is 10.9 Å². The number of methoxy groups -OCH3 is 1. The first-order chi connectivity index (χ1) is 12.3. The molecule has 1 aromatic carbocycles. The summed E-state index contributed by atoms with van der Waals surface area (Å²) in [5, 5.41) is 5.22. The Labute approximate surface area is 145 Å². The molecule has 6 nitrogen and oxygen atoms in total. The average molecular weight is 337 g/mol. The molecule has 1 saturated carbocycles. The zero-order valence-electron chi connectivity index (χ0n) is 14.1. The lowest BCUT2D eigenvalue weighted by molar-refractivity contribution is 0.0847. The van der Waals surface area contributed by atoms with Crippen molar-refractivity contribution in [3.63, 3.8) is 0 Å². The second-order valence-electron chi connectivity index (χ2n) is 6.84. The molecule has 2 fully saturated rings. The zero-order chi connectivity index (χ0) is 16.9. The molecule has 0 bridgehead atoms. The normalized spacial score (nSPS) is 25.4. The number of aromatic nitrogens is 3. The number of rotatable bonds is 3. The van der Waals surface area contributed by atoms with E-state index in [4.69, 9.17) is 19.0 Å². The maximum Gasteiger partial charge on any atom is 0.235 e. The highest BCUT2D eigenvalue weighted by atomic mass is 16.5. The molecule has 3 aromatic rings. The van der Waals surface area contributed by atoms with E-state index < -0.39 is 0 Å². The van der Waals surface area contributed by atoms with Gasteiger partial charge in [-0.25, -0.2) is 4.98 Å². The Kier molecular flexibility index (Phi) is 3.28. The monoisotopic (exact) mass is 337 g/mol. The Bertz CT molecular complexity index is 927. The molecule has 2 aromatic heterocycles. The number of hydrogen-bond acceptors (Lipinski definition) is 6. The molecule has 0 radical (unpaired) electrons. The number of fused-ring (bicyclic) bond motifs is 2. The molecule has 1 aliphatic carbocycles. The van der Waals surface area contributed by atoms with Gasteiger partial charge in [0.25, 0.3) is 0 Å². The van der Waals surface area contributed by atoms with Crippen LogP contribution in [0.25, 0.3) is 22.4 Å². The van der Waals surface area contributed by atoms with E-state index in [1.165, 1.54) is 0 Å². The van der Waals surface area contributed by atoms with Crippen LogP contribution in [0.5, 0.6) is 5.75 Å². The number of nitrogens with zero attached hydrogens (tertiary/aromatic N) is 3. The van der Waals surface area contributed by atoms with Crippen LogP contribution in [0, 0.1) is 0 Å². The lowest BCUT2D eigenvalue weighted by Crippen LogP contribution is -2.30. The molecule has 0 spiro atoms. The van der Waals surface area contributed by atoms with Crippen molar-refractivity contribution in [1.29, 1.82) is 0 Å². The van der Waals surface area contributed by atoms with Gasteiger partial charge in [0.15, 0.2) is 0 Å². The van der Waals surface area contributed by atoms with Crippen LogP contribution in [0.1, 0.15) is 31.6 Å². The third-order valence-corrected chi connectivity index (χ3v) is 5.55. The fraction of sp³-hybridized carbons (Fsp3) is 0.421. The van der Waals surface area contributed by atoms with Gasteiger partial charge in [-0.05, 0) is 49.9 Å². The summed E-state index contributed by atoms with van der Waals surface area (Å²) in [4.78, 5) is 9.36. The number of hydrogen-bond donors (Lipinski definition) is 0. The first-order valence-corrected chi connectivity index (χ1v) is 8.69. The molecule has 6 heteroatoms. The fourth-order valence-electron chi connectivity index (χ4n) is 4.19. The fourth-order valence-corrected chi connectivity index (χ4v) is 4.19. The Balaban J connectivity index is 1.52. The van der Waals surface area contributed by atoms with E-state index in [1.54, 1.807) is 7.11 Å². The van der Waals surface area contributed by atoms with Crippen LogP contribution in [0.3, 0.4) is 0 Å². The summed E-state index contributed by atoms with van der Waals surface area (Å²) in [5.74, 6) is 2.07. The number of ether oxygens (including phenoxy) is 2. The van der Waals surface area contributed by atoms with Gasteiger partial charge in [-0.2, -0.15) is 4.98 Å². The van der Waals surface area contributed by atoms with Crippen molar-refractivity contribution in [2.24, 2.45) is 0 Å². The lowest BCUT2D eigenvalue weighted by atomic mass is 9.83. The highest BCUT2D eigenvalue weighted by Crippen LogP contribution is 2.48. The highest BCUT2D eigenvalue weighted by molar-refractivity contribution is 5.82. The predicted molar refractivity (Wildman–Crippen MR) is 91.5 cm³/mol. The topological polar surface area (TPSA) is 70.3 Å². The molecule has 5 rings (SSSR count). The summed E-state index contributed by atoms with van der Waals surface area (Å²) >= 11 is 0. The maximum absolute atomic E-state index is 5.87. The van der Waals surface area contributed by atoms with E-state index in [1.807, 2.05) is 30.3 Å². The van der Waals surface area contributed by atoms with Crippen LogP contribution < -0.4 is 4.74 Å². The molecular weight excluding hydrogens is 318 g/mol. The molecule has 2 aliphatic rings. The van der Waals surface area contributed by atoms with Crippen molar-refractivity contribution in [1.82, 2.24) is 15.1 Å². The van der Waals surface area contributed by atoms with E-state index in [2.05, 4.69) is 10.1 Å². The van der Waals surface area contributed by atoms with Gasteiger partial charge in [0.2, 0.25) is 11.7 Å². The smallest absolute Gasteiger partial charge is 0.235 e. The summed E-state index contributed by atoms with van der Waals surface area (Å²) in [6.07, 6.45) is 4.47. The molecule has 2 atom stereocenters. The van der Waals surface area contributed by atoms with Crippen molar-refractivity contribution in [3.8, 4) is 17.3 Å². The highest BCUT2D eigenvalue weighted by Gasteiger charge is 2.52. The van der Waals surface area contributed by atoms with Crippen molar-refractivity contribution in [3.05, 3.63) is 36.2 Å². The summed E-state index contributed by atoms with van der Waals surface area (Å²) in [7, 11) is 1.66. The molecule has 128 valence electrons. The van der Waals surface area contributed by atoms with Gasteiger partial charge in [-0.15, -0.1) is 0 Å². The van der Waals surface area contributed by atoms with Crippen molar-refractivity contribution in [2.45, 2.75) is 37.2 Å². The van der Waals surface area contributed by atoms with E-state index >= 15 is 0 Å². The Morgan fingerprint density at radius 3 is 3.04 bits per heavy atom. The standard InChI is InChI=1S/C19H19N3O3/c1-23-13-5-7-14-12(11-13)4-6-15(20-14)17-21-18(25-22-17)19-8-2-3-16(19)24-10-9-19/h4-7,11,16H,2-3,8-10H2,1H3/t16-,19+/m1/s1. The van der Waals surface area contributed by atoms with Crippen LogP contribution >= 0.6 is 0 Å². The second kappa shape index (κ2) is 5.52. The van der Waals surface area contributed by atoms with Crippen LogP contribution in [0.2, 0.25) is 0 Å².